The van der Waals surface area contributed by atoms with Gasteiger partial charge in [-0.2, -0.15) is 0 Å². The van der Waals surface area contributed by atoms with Crippen molar-refractivity contribution in [3.63, 3.8) is 0 Å². The van der Waals surface area contributed by atoms with Gasteiger partial charge < -0.3 is 4.90 Å². The van der Waals surface area contributed by atoms with Crippen LogP contribution in [0.2, 0.25) is 5.02 Å². The van der Waals surface area contributed by atoms with E-state index in [-0.39, 0.29) is 27.1 Å². The zero-order valence-electron chi connectivity index (χ0n) is 14.8. The van der Waals surface area contributed by atoms with Gasteiger partial charge in [-0.25, -0.2) is 12.8 Å². The first-order chi connectivity index (χ1) is 12.8. The van der Waals surface area contributed by atoms with Crippen molar-refractivity contribution in [1.29, 1.82) is 0 Å². The number of hydrogen-bond acceptors (Lipinski definition) is 3. The number of nitrogens with one attached hydrogen (secondary N) is 1. The average molecular weight is 411 g/mol. The Morgan fingerprint density at radius 3 is 2.48 bits per heavy atom. The van der Waals surface area contributed by atoms with E-state index in [0.717, 1.165) is 25.3 Å². The third-order valence-electron chi connectivity index (χ3n) is 4.55. The second kappa shape index (κ2) is 7.86. The van der Waals surface area contributed by atoms with Crippen molar-refractivity contribution in [1.82, 2.24) is 4.90 Å². The third-order valence-corrected chi connectivity index (χ3v) is 6.15. The molecule has 5 nitrogen and oxygen atoms in total. The van der Waals surface area contributed by atoms with Crippen molar-refractivity contribution >= 4 is 33.2 Å². The lowest BCUT2D eigenvalue weighted by Gasteiger charge is -2.27. The van der Waals surface area contributed by atoms with Crippen LogP contribution in [0.3, 0.4) is 0 Å². The molecule has 27 heavy (non-hydrogen) atoms. The summed E-state index contributed by atoms with van der Waals surface area (Å²) in [5.74, 6) is -0.868. The first kappa shape index (κ1) is 19.6. The summed E-state index contributed by atoms with van der Waals surface area (Å²) in [4.78, 5) is 14.3. The Labute approximate surface area is 163 Å². The van der Waals surface area contributed by atoms with E-state index in [0.29, 0.717) is 18.7 Å². The first-order valence-electron chi connectivity index (χ1n) is 8.66. The minimum absolute atomic E-state index is 0.0825. The van der Waals surface area contributed by atoms with Gasteiger partial charge in [0.25, 0.3) is 15.9 Å². The molecule has 1 aliphatic heterocycles. The van der Waals surface area contributed by atoms with E-state index in [1.807, 2.05) is 0 Å². The summed E-state index contributed by atoms with van der Waals surface area (Å²) in [6, 6.07) is 8.10. The largest absolute Gasteiger partial charge is 0.339 e. The highest BCUT2D eigenvalue weighted by Crippen LogP contribution is 2.27. The fraction of sp³-hybridized carbons (Fsp3) is 0.316. The fourth-order valence-electron chi connectivity index (χ4n) is 3.00. The molecule has 0 radical (unpaired) electrons. The number of benzene rings is 2. The van der Waals surface area contributed by atoms with Crippen LogP contribution in [0.25, 0.3) is 0 Å². The smallest absolute Gasteiger partial charge is 0.262 e. The molecule has 0 atom stereocenters. The molecule has 1 amide bonds. The van der Waals surface area contributed by atoms with Crippen molar-refractivity contribution in [2.24, 2.45) is 0 Å². The molecule has 1 heterocycles. The molecule has 0 aromatic heterocycles. The monoisotopic (exact) mass is 410 g/mol. The fourth-order valence-corrected chi connectivity index (χ4v) is 4.25. The maximum atomic E-state index is 13.8. The maximum Gasteiger partial charge on any atom is 0.262 e. The predicted molar refractivity (Wildman–Crippen MR) is 103 cm³/mol. The minimum atomic E-state index is -4.08. The molecule has 1 N–H and O–H groups in total. The number of halogens is 2. The van der Waals surface area contributed by atoms with Crippen LogP contribution in [-0.2, 0) is 10.0 Å². The van der Waals surface area contributed by atoms with Gasteiger partial charge in [0.1, 0.15) is 5.82 Å². The molecule has 3 rings (SSSR count). The Morgan fingerprint density at radius 2 is 1.81 bits per heavy atom. The number of aryl methyl sites for hydroxylation is 1. The number of amides is 1. The molecular formula is C19H20ClFN2O3S. The molecule has 2 aromatic rings. The maximum absolute atomic E-state index is 13.8. The number of nitrogens with zero attached hydrogens (tertiary/aromatic N) is 1. The number of hydrogen-bond donors (Lipinski definition) is 1. The Kier molecular flexibility index (Phi) is 5.72. The molecule has 0 spiro atoms. The van der Waals surface area contributed by atoms with Crippen LogP contribution in [0.15, 0.2) is 41.3 Å². The molecular weight excluding hydrogens is 391 g/mol. The quantitative estimate of drug-likeness (QED) is 0.820. The molecule has 144 valence electrons. The van der Waals surface area contributed by atoms with E-state index >= 15 is 0 Å². The lowest BCUT2D eigenvalue weighted by atomic mass is 10.1. The number of carbonyl (C=O) groups is 1. The van der Waals surface area contributed by atoms with Crippen LogP contribution < -0.4 is 4.72 Å². The highest BCUT2D eigenvalue weighted by molar-refractivity contribution is 7.92. The average Bonchev–Trinajstić information content (AvgIpc) is 2.64. The lowest BCUT2D eigenvalue weighted by Crippen LogP contribution is -2.36. The van der Waals surface area contributed by atoms with E-state index in [2.05, 4.69) is 4.72 Å². The van der Waals surface area contributed by atoms with Gasteiger partial charge in [0.05, 0.1) is 16.1 Å². The summed E-state index contributed by atoms with van der Waals surface area (Å²) in [5, 5.41) is 0.290. The second-order valence-corrected chi connectivity index (χ2v) is 8.68. The summed E-state index contributed by atoms with van der Waals surface area (Å²) in [5.41, 5.74) is 0.647. The Morgan fingerprint density at radius 1 is 1.11 bits per heavy atom. The minimum Gasteiger partial charge on any atom is -0.339 e. The van der Waals surface area contributed by atoms with Crippen molar-refractivity contribution in [3.8, 4) is 0 Å². The molecule has 0 saturated carbocycles. The lowest BCUT2D eigenvalue weighted by molar-refractivity contribution is 0.0725. The predicted octanol–water partition coefficient (Wildman–Crippen LogP) is 4.21. The summed E-state index contributed by atoms with van der Waals surface area (Å²) in [7, 11) is -4.08. The van der Waals surface area contributed by atoms with Crippen LogP contribution in [0.5, 0.6) is 0 Å². The second-order valence-electron chi connectivity index (χ2n) is 6.56. The van der Waals surface area contributed by atoms with Gasteiger partial charge >= 0.3 is 0 Å². The van der Waals surface area contributed by atoms with E-state index in [1.165, 1.54) is 24.3 Å². The summed E-state index contributed by atoms with van der Waals surface area (Å²) < 4.78 is 41.5. The zero-order chi connectivity index (χ0) is 19.6. The van der Waals surface area contributed by atoms with Crippen LogP contribution in [0, 0.1) is 12.7 Å². The number of likely N-dealkylation sites (tertiary alicyclic amines) is 1. The van der Waals surface area contributed by atoms with Crippen molar-refractivity contribution < 1.29 is 17.6 Å². The van der Waals surface area contributed by atoms with Crippen molar-refractivity contribution in [2.75, 3.05) is 17.8 Å². The summed E-state index contributed by atoms with van der Waals surface area (Å²) >= 11 is 6.01. The van der Waals surface area contributed by atoms with Crippen molar-refractivity contribution in [2.45, 2.75) is 31.1 Å². The molecule has 1 saturated heterocycles. The Balaban J connectivity index is 1.94. The van der Waals surface area contributed by atoms with E-state index in [9.17, 15) is 17.6 Å². The number of piperidine rings is 1. The number of rotatable bonds is 4. The van der Waals surface area contributed by atoms with Gasteiger partial charge in [-0.1, -0.05) is 17.7 Å². The van der Waals surface area contributed by atoms with Crippen LogP contribution in [-0.4, -0.2) is 32.3 Å². The Bertz CT molecular complexity index is 973. The molecule has 8 heteroatoms. The molecule has 0 aliphatic carbocycles. The van der Waals surface area contributed by atoms with Gasteiger partial charge in [-0.15, -0.1) is 0 Å². The van der Waals surface area contributed by atoms with Gasteiger partial charge in [0.2, 0.25) is 0 Å². The van der Waals surface area contributed by atoms with Gasteiger partial charge in [0, 0.05) is 18.1 Å². The number of carbonyl (C=O) groups excluding carboxylic acids is 1. The van der Waals surface area contributed by atoms with E-state index in [1.54, 1.807) is 17.9 Å². The highest BCUT2D eigenvalue weighted by atomic mass is 35.5. The zero-order valence-corrected chi connectivity index (χ0v) is 16.4. The number of sulfonamides is 1. The molecule has 2 aromatic carbocycles. The van der Waals surface area contributed by atoms with E-state index in [4.69, 9.17) is 11.6 Å². The molecule has 1 fully saturated rings. The van der Waals surface area contributed by atoms with Crippen molar-refractivity contribution in [3.05, 3.63) is 58.4 Å². The summed E-state index contributed by atoms with van der Waals surface area (Å²) in [6.07, 6.45) is 2.91. The SMILES string of the molecule is Cc1ccc(S(=O)(=O)Nc2cc(Cl)ccc2C(=O)N2CCCCC2)cc1F. The van der Waals surface area contributed by atoms with Crippen LogP contribution >= 0.6 is 11.6 Å². The highest BCUT2D eigenvalue weighted by Gasteiger charge is 2.24. The van der Waals surface area contributed by atoms with Crippen LogP contribution in [0.1, 0.15) is 35.2 Å². The van der Waals surface area contributed by atoms with E-state index < -0.39 is 15.8 Å². The summed E-state index contributed by atoms with van der Waals surface area (Å²) in [6.45, 7) is 2.82. The van der Waals surface area contributed by atoms with Gasteiger partial charge in [-0.3, -0.25) is 9.52 Å². The molecule has 1 aliphatic rings. The number of anilines is 1. The normalized spacial score (nSPS) is 14.9. The molecule has 0 bridgehead atoms. The Hall–Kier alpha value is -2.12. The van der Waals surface area contributed by atoms with Gasteiger partial charge in [0.15, 0.2) is 0 Å². The molecule has 0 unspecified atom stereocenters. The topological polar surface area (TPSA) is 66.5 Å². The van der Waals surface area contributed by atoms with Gasteiger partial charge in [-0.05, 0) is 62.1 Å². The first-order valence-corrected chi connectivity index (χ1v) is 10.5. The van der Waals surface area contributed by atoms with Crippen LogP contribution in [0.4, 0.5) is 10.1 Å². The standard InChI is InChI=1S/C19H20ClFN2O3S/c1-13-5-7-15(12-17(13)21)27(25,26)22-18-11-14(20)6-8-16(18)19(24)23-9-3-2-4-10-23/h5-8,11-12,22H,2-4,9-10H2,1H3. The third kappa shape index (κ3) is 4.42.